The van der Waals surface area contributed by atoms with Crippen molar-refractivity contribution in [1.82, 2.24) is 14.1 Å². The second-order valence-corrected chi connectivity index (χ2v) is 11.7. The van der Waals surface area contributed by atoms with Gasteiger partial charge in [-0.15, -0.1) is 0 Å². The number of hydrogen-bond acceptors (Lipinski definition) is 6. The number of likely N-dealkylation sites (N-methyl/N-ethyl adjacent to an activating group) is 1. The van der Waals surface area contributed by atoms with E-state index in [4.69, 9.17) is 16.3 Å². The molecule has 0 saturated carbocycles. The van der Waals surface area contributed by atoms with Crippen LogP contribution < -0.4 is 10.1 Å². The van der Waals surface area contributed by atoms with Crippen LogP contribution >= 0.6 is 11.6 Å². The average Bonchev–Trinajstić information content (AvgIpc) is 2.90. The number of hydrogen-bond donors (Lipinski definition) is 1. The first kappa shape index (κ1) is 27.4. The van der Waals surface area contributed by atoms with E-state index < -0.39 is 15.9 Å². The van der Waals surface area contributed by atoms with Crippen LogP contribution in [0.3, 0.4) is 0 Å². The maximum Gasteiger partial charge on any atom is 0.253 e. The van der Waals surface area contributed by atoms with E-state index in [0.29, 0.717) is 55.4 Å². The molecular formula is C26H33ClN4O5S. The minimum absolute atomic E-state index is 0.00325. The first-order chi connectivity index (χ1) is 17.7. The highest BCUT2D eigenvalue weighted by molar-refractivity contribution is 7.89. The van der Waals surface area contributed by atoms with E-state index in [1.165, 1.54) is 10.4 Å². The Morgan fingerprint density at radius 2 is 1.76 bits per heavy atom. The standard InChI is InChI=1S/C26H33ClN4O5S/c1-3-36-23-11-8-21(27)17-24(23)37(34,35)31-12-4-5-20(18-31)25(32)28-22-9-6-19(7-10-22)26(33)30-15-13-29(2)14-16-30/h6-11,17,20H,3-5,12-16,18H2,1-2H3,(H,28,32)/t20-/m1/s1. The number of benzene rings is 2. The van der Waals surface area contributed by atoms with Gasteiger partial charge in [0.25, 0.3) is 5.91 Å². The fraction of sp³-hybridized carbons (Fsp3) is 0.462. The fourth-order valence-electron chi connectivity index (χ4n) is 4.60. The van der Waals surface area contributed by atoms with Gasteiger partial charge in [-0.25, -0.2) is 8.42 Å². The number of nitrogens with one attached hydrogen (secondary N) is 1. The first-order valence-corrected chi connectivity index (χ1v) is 14.3. The van der Waals surface area contributed by atoms with E-state index in [1.54, 1.807) is 43.3 Å². The molecule has 2 aliphatic rings. The molecule has 2 aromatic carbocycles. The zero-order valence-electron chi connectivity index (χ0n) is 21.2. The molecule has 200 valence electrons. The molecule has 4 rings (SSSR count). The van der Waals surface area contributed by atoms with Crippen LogP contribution in [-0.2, 0) is 14.8 Å². The highest BCUT2D eigenvalue weighted by Crippen LogP contribution is 2.32. The summed E-state index contributed by atoms with van der Waals surface area (Å²) in [6.07, 6.45) is 1.13. The lowest BCUT2D eigenvalue weighted by atomic mass is 9.98. The maximum atomic E-state index is 13.4. The van der Waals surface area contributed by atoms with E-state index in [9.17, 15) is 18.0 Å². The van der Waals surface area contributed by atoms with Crippen molar-refractivity contribution in [2.45, 2.75) is 24.7 Å². The lowest BCUT2D eigenvalue weighted by Crippen LogP contribution is -2.47. The summed E-state index contributed by atoms with van der Waals surface area (Å²) in [6, 6.07) is 11.4. The molecule has 2 amide bonds. The number of rotatable bonds is 7. The smallest absolute Gasteiger partial charge is 0.253 e. The van der Waals surface area contributed by atoms with Crippen molar-refractivity contribution >= 4 is 39.1 Å². The normalized spacial score (nSPS) is 19.4. The molecule has 11 heteroatoms. The van der Waals surface area contributed by atoms with E-state index in [-0.39, 0.29) is 29.0 Å². The summed E-state index contributed by atoms with van der Waals surface area (Å²) < 4.78 is 33.7. The molecule has 37 heavy (non-hydrogen) atoms. The number of carbonyl (C=O) groups excluding carboxylic acids is 2. The SMILES string of the molecule is CCOc1ccc(Cl)cc1S(=O)(=O)N1CCC[C@@H](C(=O)Nc2ccc(C(=O)N3CCN(C)CC3)cc2)C1. The summed E-state index contributed by atoms with van der Waals surface area (Å²) in [7, 11) is -1.87. The predicted octanol–water partition coefficient (Wildman–Crippen LogP) is 3.17. The summed E-state index contributed by atoms with van der Waals surface area (Å²) in [6.45, 7) is 5.54. The van der Waals surface area contributed by atoms with Crippen molar-refractivity contribution in [1.29, 1.82) is 0 Å². The third kappa shape index (κ3) is 6.43. The van der Waals surface area contributed by atoms with Crippen LogP contribution in [-0.4, -0.2) is 87.3 Å². The van der Waals surface area contributed by atoms with Crippen molar-refractivity contribution in [2.75, 3.05) is 58.2 Å². The van der Waals surface area contributed by atoms with Gasteiger partial charge in [0.15, 0.2) is 0 Å². The van der Waals surface area contributed by atoms with E-state index in [1.807, 2.05) is 11.9 Å². The van der Waals surface area contributed by atoms with Crippen molar-refractivity contribution in [2.24, 2.45) is 5.92 Å². The van der Waals surface area contributed by atoms with Gasteiger partial charge in [0.1, 0.15) is 10.6 Å². The molecule has 0 radical (unpaired) electrons. The van der Waals surface area contributed by atoms with Gasteiger partial charge in [0, 0.05) is 55.5 Å². The lowest BCUT2D eigenvalue weighted by Gasteiger charge is -2.32. The molecule has 0 bridgehead atoms. The molecule has 2 aromatic rings. The topological polar surface area (TPSA) is 99.3 Å². The predicted molar refractivity (Wildman–Crippen MR) is 143 cm³/mol. The van der Waals surface area contributed by atoms with Crippen molar-refractivity contribution < 1.29 is 22.7 Å². The number of ether oxygens (including phenoxy) is 1. The van der Waals surface area contributed by atoms with Crippen LogP contribution in [0.2, 0.25) is 5.02 Å². The number of amides is 2. The maximum absolute atomic E-state index is 13.4. The molecule has 0 aliphatic carbocycles. The average molecular weight is 549 g/mol. The van der Waals surface area contributed by atoms with Gasteiger partial charge in [0.2, 0.25) is 15.9 Å². The highest BCUT2D eigenvalue weighted by atomic mass is 35.5. The van der Waals surface area contributed by atoms with Crippen LogP contribution in [0.1, 0.15) is 30.1 Å². The van der Waals surface area contributed by atoms with Gasteiger partial charge in [-0.2, -0.15) is 4.31 Å². The van der Waals surface area contributed by atoms with Gasteiger partial charge in [-0.3, -0.25) is 9.59 Å². The van der Waals surface area contributed by atoms with Crippen LogP contribution in [0.15, 0.2) is 47.4 Å². The number of sulfonamides is 1. The second kappa shape index (κ2) is 11.8. The summed E-state index contributed by atoms with van der Waals surface area (Å²) in [5.74, 6) is -0.546. The highest BCUT2D eigenvalue weighted by Gasteiger charge is 2.35. The summed E-state index contributed by atoms with van der Waals surface area (Å²) in [5.41, 5.74) is 1.14. The Morgan fingerprint density at radius 1 is 1.05 bits per heavy atom. The molecule has 1 N–H and O–H groups in total. The van der Waals surface area contributed by atoms with Crippen LogP contribution in [0.25, 0.3) is 0 Å². The third-order valence-corrected chi connectivity index (χ3v) is 8.89. The molecule has 9 nitrogen and oxygen atoms in total. The Kier molecular flexibility index (Phi) is 8.74. The molecular weight excluding hydrogens is 516 g/mol. The lowest BCUT2D eigenvalue weighted by molar-refractivity contribution is -0.120. The monoisotopic (exact) mass is 548 g/mol. The van der Waals surface area contributed by atoms with Crippen molar-refractivity contribution in [3.05, 3.63) is 53.1 Å². The Balaban J connectivity index is 1.40. The van der Waals surface area contributed by atoms with Gasteiger partial charge < -0.3 is 19.9 Å². The summed E-state index contributed by atoms with van der Waals surface area (Å²) in [5, 5.41) is 3.17. The summed E-state index contributed by atoms with van der Waals surface area (Å²) in [4.78, 5) is 29.8. The summed E-state index contributed by atoms with van der Waals surface area (Å²) >= 11 is 6.08. The Hall–Kier alpha value is -2.66. The van der Waals surface area contributed by atoms with Crippen LogP contribution in [0, 0.1) is 5.92 Å². The molecule has 2 fully saturated rings. The van der Waals surface area contributed by atoms with Gasteiger partial charge in [0.05, 0.1) is 12.5 Å². The van der Waals surface area contributed by atoms with Gasteiger partial charge in [-0.1, -0.05) is 11.6 Å². The number of nitrogens with zero attached hydrogens (tertiary/aromatic N) is 3. The zero-order chi connectivity index (χ0) is 26.6. The molecule has 2 saturated heterocycles. The Bertz CT molecular complexity index is 1230. The Morgan fingerprint density at radius 3 is 2.43 bits per heavy atom. The van der Waals surface area contributed by atoms with Crippen LogP contribution in [0.5, 0.6) is 5.75 Å². The Labute approximate surface area is 223 Å². The van der Waals surface area contributed by atoms with Crippen molar-refractivity contribution in [3.8, 4) is 5.75 Å². The first-order valence-electron chi connectivity index (χ1n) is 12.5. The minimum Gasteiger partial charge on any atom is -0.492 e. The van der Waals surface area contributed by atoms with E-state index in [2.05, 4.69) is 10.2 Å². The third-order valence-electron chi connectivity index (χ3n) is 6.77. The molecule has 2 aliphatic heterocycles. The van der Waals surface area contributed by atoms with E-state index in [0.717, 1.165) is 13.1 Å². The van der Waals surface area contributed by atoms with Crippen molar-refractivity contribution in [3.63, 3.8) is 0 Å². The molecule has 2 heterocycles. The van der Waals surface area contributed by atoms with E-state index >= 15 is 0 Å². The number of halogens is 1. The second-order valence-electron chi connectivity index (χ2n) is 9.39. The quantitative estimate of drug-likeness (QED) is 0.570. The fourth-order valence-corrected chi connectivity index (χ4v) is 6.52. The van der Waals surface area contributed by atoms with Gasteiger partial charge in [-0.05, 0) is 69.3 Å². The number of carbonyl (C=O) groups is 2. The number of piperazine rings is 1. The number of piperidine rings is 1. The van der Waals surface area contributed by atoms with Crippen LogP contribution in [0.4, 0.5) is 5.69 Å². The molecule has 0 unspecified atom stereocenters. The number of anilines is 1. The molecule has 1 atom stereocenters. The van der Waals surface area contributed by atoms with Gasteiger partial charge >= 0.3 is 0 Å². The zero-order valence-corrected chi connectivity index (χ0v) is 22.7. The molecule has 0 aromatic heterocycles. The minimum atomic E-state index is -3.91. The molecule has 0 spiro atoms. The largest absolute Gasteiger partial charge is 0.492 e.